The van der Waals surface area contributed by atoms with E-state index in [9.17, 15) is 14.4 Å². The van der Waals surface area contributed by atoms with Crippen LogP contribution in [0.25, 0.3) is 0 Å². The van der Waals surface area contributed by atoms with Crippen molar-refractivity contribution in [3.05, 3.63) is 35.9 Å². The summed E-state index contributed by atoms with van der Waals surface area (Å²) >= 11 is 0. The number of nitrogens with one attached hydrogen (secondary N) is 1. The summed E-state index contributed by atoms with van der Waals surface area (Å²) in [6.45, 7) is 2.15. The molecule has 1 aromatic rings. The third-order valence-corrected chi connectivity index (χ3v) is 3.96. The van der Waals surface area contributed by atoms with Gasteiger partial charge in [0.1, 0.15) is 6.61 Å². The lowest BCUT2D eigenvalue weighted by Crippen LogP contribution is -2.40. The van der Waals surface area contributed by atoms with E-state index in [2.05, 4.69) is 5.32 Å². The van der Waals surface area contributed by atoms with Crippen LogP contribution in [0.5, 0.6) is 0 Å². The van der Waals surface area contributed by atoms with E-state index in [0.717, 1.165) is 24.8 Å². The third-order valence-electron chi connectivity index (χ3n) is 3.96. The van der Waals surface area contributed by atoms with Crippen molar-refractivity contribution in [1.29, 1.82) is 0 Å². The summed E-state index contributed by atoms with van der Waals surface area (Å²) in [4.78, 5) is 36.1. The van der Waals surface area contributed by atoms with Crippen molar-refractivity contribution >= 4 is 17.8 Å². The van der Waals surface area contributed by atoms with Gasteiger partial charge >= 0.3 is 5.97 Å². The Balaban J connectivity index is 2.06. The molecule has 1 aromatic carbocycles. The Morgan fingerprint density at radius 3 is 2.55 bits per heavy atom. The van der Waals surface area contributed by atoms with E-state index in [1.165, 1.54) is 0 Å². The zero-order valence-electron chi connectivity index (χ0n) is 12.8. The van der Waals surface area contributed by atoms with Crippen LogP contribution in [0.2, 0.25) is 0 Å². The monoisotopic (exact) mass is 303 g/mol. The Morgan fingerprint density at radius 1 is 1.23 bits per heavy atom. The molecule has 1 heterocycles. The Bertz CT molecular complexity index is 555. The first-order valence-corrected chi connectivity index (χ1v) is 7.64. The number of hydrogen-bond donors (Lipinski definition) is 1. The van der Waals surface area contributed by atoms with E-state index in [4.69, 9.17) is 4.74 Å². The van der Waals surface area contributed by atoms with E-state index >= 15 is 0 Å². The standard InChI is InChI=1S/C17H21NO4/c1-2-3-7-10-17(11-14(19)18-15(17)20)16(21)22-12-13-8-5-4-6-9-13/h4-6,8-9H,2-3,7,10-12H2,1H3,(H,18,19,20). The highest BCUT2D eigenvalue weighted by Crippen LogP contribution is 2.35. The molecule has 1 aliphatic heterocycles. The van der Waals surface area contributed by atoms with Crippen LogP contribution in [0.1, 0.15) is 44.6 Å². The molecule has 1 saturated heterocycles. The Labute approximate surface area is 130 Å². The lowest BCUT2D eigenvalue weighted by molar-refractivity contribution is -0.161. The van der Waals surface area contributed by atoms with Crippen LogP contribution in [0.4, 0.5) is 0 Å². The van der Waals surface area contributed by atoms with E-state index in [1.54, 1.807) is 0 Å². The molecule has 0 bridgehead atoms. The third kappa shape index (κ3) is 3.53. The van der Waals surface area contributed by atoms with Crippen molar-refractivity contribution in [3.8, 4) is 0 Å². The molecule has 1 N–H and O–H groups in total. The number of unbranched alkanes of at least 4 members (excludes halogenated alkanes) is 2. The van der Waals surface area contributed by atoms with Gasteiger partial charge in [-0.1, -0.05) is 56.5 Å². The first-order chi connectivity index (χ1) is 10.6. The molecule has 0 radical (unpaired) electrons. The molecular formula is C17H21NO4. The van der Waals surface area contributed by atoms with Gasteiger partial charge in [0.2, 0.25) is 11.8 Å². The maximum Gasteiger partial charge on any atom is 0.322 e. The van der Waals surface area contributed by atoms with Crippen molar-refractivity contribution in [2.45, 2.75) is 45.6 Å². The molecule has 2 rings (SSSR count). The summed E-state index contributed by atoms with van der Waals surface area (Å²) < 4.78 is 5.31. The second kappa shape index (κ2) is 7.20. The van der Waals surface area contributed by atoms with Crippen LogP contribution in [-0.4, -0.2) is 17.8 Å². The second-order valence-corrected chi connectivity index (χ2v) is 5.66. The minimum Gasteiger partial charge on any atom is -0.460 e. The normalized spacial score (nSPS) is 20.8. The van der Waals surface area contributed by atoms with E-state index in [-0.39, 0.29) is 13.0 Å². The number of carbonyl (C=O) groups excluding carboxylic acids is 3. The van der Waals surface area contributed by atoms with Crippen molar-refractivity contribution in [2.24, 2.45) is 5.41 Å². The van der Waals surface area contributed by atoms with Gasteiger partial charge in [-0.25, -0.2) is 0 Å². The molecule has 5 nitrogen and oxygen atoms in total. The predicted octanol–water partition coefficient (Wildman–Crippen LogP) is 2.34. The van der Waals surface area contributed by atoms with Crippen molar-refractivity contribution < 1.29 is 19.1 Å². The summed E-state index contributed by atoms with van der Waals surface area (Å²) in [6, 6.07) is 9.27. The molecular weight excluding hydrogens is 282 g/mol. The van der Waals surface area contributed by atoms with Crippen LogP contribution in [0.3, 0.4) is 0 Å². The van der Waals surface area contributed by atoms with E-state index < -0.39 is 23.2 Å². The molecule has 1 unspecified atom stereocenters. The maximum atomic E-state index is 12.5. The summed E-state index contributed by atoms with van der Waals surface area (Å²) in [5, 5.41) is 2.24. The van der Waals surface area contributed by atoms with E-state index in [1.807, 2.05) is 37.3 Å². The van der Waals surface area contributed by atoms with Crippen LogP contribution < -0.4 is 5.32 Å². The van der Waals surface area contributed by atoms with Crippen molar-refractivity contribution in [3.63, 3.8) is 0 Å². The number of benzene rings is 1. The molecule has 0 aliphatic carbocycles. The largest absolute Gasteiger partial charge is 0.460 e. The number of amides is 2. The highest BCUT2D eigenvalue weighted by atomic mass is 16.5. The quantitative estimate of drug-likeness (QED) is 0.363. The highest BCUT2D eigenvalue weighted by molar-refractivity contribution is 6.16. The average molecular weight is 303 g/mol. The van der Waals surface area contributed by atoms with Gasteiger partial charge in [-0.05, 0) is 12.0 Å². The van der Waals surface area contributed by atoms with Gasteiger partial charge < -0.3 is 4.74 Å². The van der Waals surface area contributed by atoms with Gasteiger partial charge in [0.25, 0.3) is 0 Å². The van der Waals surface area contributed by atoms with Gasteiger partial charge in [-0.2, -0.15) is 0 Å². The molecule has 1 aliphatic rings. The first kappa shape index (κ1) is 16.2. The fourth-order valence-electron chi connectivity index (χ4n) is 2.65. The number of rotatable bonds is 7. The SMILES string of the molecule is CCCCCC1(C(=O)OCc2ccccc2)CC(=O)NC1=O. The summed E-state index contributed by atoms with van der Waals surface area (Å²) in [6.07, 6.45) is 2.85. The van der Waals surface area contributed by atoms with Gasteiger partial charge in [-0.3, -0.25) is 19.7 Å². The average Bonchev–Trinajstić information content (AvgIpc) is 2.81. The Kier molecular flexibility index (Phi) is 5.31. The van der Waals surface area contributed by atoms with Crippen LogP contribution in [0.15, 0.2) is 30.3 Å². The smallest absolute Gasteiger partial charge is 0.322 e. The summed E-state index contributed by atoms with van der Waals surface area (Å²) in [5.41, 5.74) is -0.495. The fraction of sp³-hybridized carbons (Fsp3) is 0.471. The lowest BCUT2D eigenvalue weighted by Gasteiger charge is -2.23. The van der Waals surface area contributed by atoms with Gasteiger partial charge in [0.15, 0.2) is 5.41 Å². The van der Waals surface area contributed by atoms with Crippen molar-refractivity contribution in [2.75, 3.05) is 0 Å². The number of hydrogen-bond acceptors (Lipinski definition) is 4. The zero-order valence-corrected chi connectivity index (χ0v) is 12.8. The number of ether oxygens (including phenoxy) is 1. The predicted molar refractivity (Wildman–Crippen MR) is 80.6 cm³/mol. The zero-order chi connectivity index (χ0) is 16.0. The number of esters is 1. The minimum absolute atomic E-state index is 0.108. The van der Waals surface area contributed by atoms with E-state index in [0.29, 0.717) is 6.42 Å². The molecule has 5 heteroatoms. The highest BCUT2D eigenvalue weighted by Gasteiger charge is 2.53. The van der Waals surface area contributed by atoms with Crippen LogP contribution >= 0.6 is 0 Å². The summed E-state index contributed by atoms with van der Waals surface area (Å²) in [7, 11) is 0. The molecule has 0 saturated carbocycles. The van der Waals surface area contributed by atoms with Gasteiger partial charge in [0.05, 0.1) is 6.42 Å². The molecule has 0 spiro atoms. The lowest BCUT2D eigenvalue weighted by atomic mass is 9.81. The van der Waals surface area contributed by atoms with Gasteiger partial charge in [-0.15, -0.1) is 0 Å². The van der Waals surface area contributed by atoms with Crippen molar-refractivity contribution in [1.82, 2.24) is 5.32 Å². The van der Waals surface area contributed by atoms with Gasteiger partial charge in [0, 0.05) is 0 Å². The molecule has 118 valence electrons. The number of carbonyl (C=O) groups is 3. The van der Waals surface area contributed by atoms with Crippen LogP contribution in [-0.2, 0) is 25.7 Å². The maximum absolute atomic E-state index is 12.5. The Morgan fingerprint density at radius 2 is 1.95 bits per heavy atom. The second-order valence-electron chi connectivity index (χ2n) is 5.66. The molecule has 1 atom stereocenters. The Hall–Kier alpha value is -2.17. The first-order valence-electron chi connectivity index (χ1n) is 7.64. The molecule has 0 aromatic heterocycles. The molecule has 22 heavy (non-hydrogen) atoms. The topological polar surface area (TPSA) is 72.5 Å². The number of imide groups is 1. The van der Waals surface area contributed by atoms with Crippen LogP contribution in [0, 0.1) is 5.41 Å². The minimum atomic E-state index is -1.35. The molecule has 1 fully saturated rings. The summed E-state index contributed by atoms with van der Waals surface area (Å²) in [5.74, 6) is -1.53. The fourth-order valence-corrected chi connectivity index (χ4v) is 2.65. The molecule has 2 amide bonds.